The van der Waals surface area contributed by atoms with Crippen LogP contribution in [0.5, 0.6) is 0 Å². The van der Waals surface area contributed by atoms with Gasteiger partial charge in [0.25, 0.3) is 0 Å². The van der Waals surface area contributed by atoms with Crippen molar-refractivity contribution in [1.82, 2.24) is 19.2 Å². The number of benzene rings is 1. The van der Waals surface area contributed by atoms with Crippen molar-refractivity contribution in [3.05, 3.63) is 40.9 Å². The molecule has 0 amide bonds. The van der Waals surface area contributed by atoms with E-state index in [0.29, 0.717) is 5.92 Å². The Bertz CT molecular complexity index is 721. The van der Waals surface area contributed by atoms with Crippen LogP contribution >= 0.6 is 12.2 Å². The van der Waals surface area contributed by atoms with Gasteiger partial charge < -0.3 is 0 Å². The number of hydrogen-bond donors (Lipinski definition) is 0. The molecule has 0 bridgehead atoms. The third-order valence-corrected chi connectivity index (χ3v) is 5.42. The number of nitrogens with zero attached hydrogens (tertiary/aromatic N) is 4. The Labute approximate surface area is 142 Å². The van der Waals surface area contributed by atoms with Gasteiger partial charge in [-0.3, -0.25) is 9.47 Å². The van der Waals surface area contributed by atoms with Crippen LogP contribution in [0.1, 0.15) is 44.3 Å². The molecule has 0 N–H and O–H groups in total. The molecule has 5 heteroatoms. The fourth-order valence-electron chi connectivity index (χ4n) is 3.34. The second-order valence-electron chi connectivity index (χ2n) is 7.03. The van der Waals surface area contributed by atoms with Crippen LogP contribution in [0, 0.1) is 10.7 Å². The fourth-order valence-corrected chi connectivity index (χ4v) is 3.63. The molecule has 23 heavy (non-hydrogen) atoms. The van der Waals surface area contributed by atoms with Gasteiger partial charge in [0, 0.05) is 24.7 Å². The van der Waals surface area contributed by atoms with Gasteiger partial charge in [-0.15, -0.1) is 0 Å². The van der Waals surface area contributed by atoms with Gasteiger partial charge in [0.05, 0.1) is 6.67 Å². The minimum atomic E-state index is 0.583. The maximum atomic E-state index is 5.77. The van der Waals surface area contributed by atoms with E-state index in [4.69, 9.17) is 17.3 Å². The van der Waals surface area contributed by atoms with Crippen molar-refractivity contribution < 1.29 is 0 Å². The molecule has 2 aromatic rings. The minimum Gasteiger partial charge on any atom is -0.284 e. The zero-order valence-electron chi connectivity index (χ0n) is 13.7. The number of likely N-dealkylation sites (tertiary alicyclic amines) is 1. The van der Waals surface area contributed by atoms with Crippen LogP contribution in [0.15, 0.2) is 30.3 Å². The molecule has 1 aliphatic heterocycles. The SMILES string of the molecule is CC1CCN(Cn2nc(C3CC3)n(-c3ccccc3)c2=S)CC1. The quantitative estimate of drug-likeness (QED) is 0.794. The van der Waals surface area contributed by atoms with Gasteiger partial charge in [0.15, 0.2) is 0 Å². The summed E-state index contributed by atoms with van der Waals surface area (Å²) in [6.07, 6.45) is 5.03. The van der Waals surface area contributed by atoms with Crippen LogP contribution in [0.3, 0.4) is 0 Å². The summed E-state index contributed by atoms with van der Waals surface area (Å²) in [6, 6.07) is 10.4. The first-order valence-electron chi connectivity index (χ1n) is 8.70. The van der Waals surface area contributed by atoms with Gasteiger partial charge in [0.1, 0.15) is 5.82 Å². The van der Waals surface area contributed by atoms with E-state index < -0.39 is 0 Å². The zero-order chi connectivity index (χ0) is 15.8. The van der Waals surface area contributed by atoms with Crippen LogP contribution in [0.4, 0.5) is 0 Å². The largest absolute Gasteiger partial charge is 0.284 e. The molecule has 0 radical (unpaired) electrons. The average Bonchev–Trinajstić information content (AvgIpc) is 3.36. The van der Waals surface area contributed by atoms with Crippen LogP contribution < -0.4 is 0 Å². The minimum absolute atomic E-state index is 0.583. The molecule has 2 heterocycles. The van der Waals surface area contributed by atoms with Crippen LogP contribution in [-0.2, 0) is 6.67 Å². The third-order valence-electron chi connectivity index (χ3n) is 5.03. The highest BCUT2D eigenvalue weighted by molar-refractivity contribution is 7.71. The van der Waals surface area contributed by atoms with Crippen molar-refractivity contribution in [3.63, 3.8) is 0 Å². The molecule has 1 aromatic carbocycles. The van der Waals surface area contributed by atoms with Crippen LogP contribution in [-0.4, -0.2) is 32.3 Å². The number of para-hydroxylation sites is 1. The maximum Gasteiger partial charge on any atom is 0.203 e. The smallest absolute Gasteiger partial charge is 0.203 e. The van der Waals surface area contributed by atoms with Crippen LogP contribution in [0.2, 0.25) is 0 Å². The highest BCUT2D eigenvalue weighted by Crippen LogP contribution is 2.40. The Morgan fingerprint density at radius 3 is 2.43 bits per heavy atom. The fraction of sp³-hybridized carbons (Fsp3) is 0.556. The molecule has 0 unspecified atom stereocenters. The lowest BCUT2D eigenvalue weighted by atomic mass is 10.00. The van der Waals surface area contributed by atoms with Gasteiger partial charge in [-0.25, -0.2) is 4.68 Å². The highest BCUT2D eigenvalue weighted by atomic mass is 32.1. The Morgan fingerprint density at radius 2 is 1.78 bits per heavy atom. The van der Waals surface area contributed by atoms with E-state index in [1.807, 2.05) is 10.7 Å². The maximum absolute atomic E-state index is 5.77. The Hall–Kier alpha value is -1.46. The van der Waals surface area contributed by atoms with Crippen molar-refractivity contribution in [2.75, 3.05) is 13.1 Å². The summed E-state index contributed by atoms with van der Waals surface area (Å²) in [5, 5.41) is 4.90. The van der Waals surface area contributed by atoms with Gasteiger partial charge in [0.2, 0.25) is 4.77 Å². The molecule has 1 aliphatic carbocycles. The predicted molar refractivity (Wildman–Crippen MR) is 94.3 cm³/mol. The first-order valence-corrected chi connectivity index (χ1v) is 9.11. The first kappa shape index (κ1) is 15.1. The monoisotopic (exact) mass is 328 g/mol. The Morgan fingerprint density at radius 1 is 1.09 bits per heavy atom. The summed E-state index contributed by atoms with van der Waals surface area (Å²) in [5.74, 6) is 2.58. The van der Waals surface area contributed by atoms with Crippen molar-refractivity contribution in [2.24, 2.45) is 5.92 Å². The highest BCUT2D eigenvalue weighted by Gasteiger charge is 2.31. The van der Waals surface area contributed by atoms with Crippen LogP contribution in [0.25, 0.3) is 5.69 Å². The second-order valence-corrected chi connectivity index (χ2v) is 7.39. The summed E-state index contributed by atoms with van der Waals surface area (Å²) in [7, 11) is 0. The van der Waals surface area contributed by atoms with Gasteiger partial charge >= 0.3 is 0 Å². The lowest BCUT2D eigenvalue weighted by molar-refractivity contribution is 0.145. The Kier molecular flexibility index (Phi) is 4.07. The van der Waals surface area contributed by atoms with E-state index in [2.05, 4.69) is 40.7 Å². The topological polar surface area (TPSA) is 26.0 Å². The summed E-state index contributed by atoms with van der Waals surface area (Å²) >= 11 is 5.77. The van der Waals surface area contributed by atoms with E-state index in [1.54, 1.807) is 0 Å². The molecule has 1 saturated carbocycles. The summed E-state index contributed by atoms with van der Waals surface area (Å²) in [6.45, 7) is 5.48. The van der Waals surface area contributed by atoms with Gasteiger partial charge in [-0.2, -0.15) is 5.10 Å². The lowest BCUT2D eigenvalue weighted by Crippen LogP contribution is -2.34. The summed E-state index contributed by atoms with van der Waals surface area (Å²) < 4.78 is 5.04. The second kappa shape index (κ2) is 6.21. The zero-order valence-corrected chi connectivity index (χ0v) is 14.5. The number of aromatic nitrogens is 3. The molecule has 4 nitrogen and oxygen atoms in total. The molecular weight excluding hydrogens is 304 g/mol. The number of piperidine rings is 1. The Balaban J connectivity index is 1.65. The lowest BCUT2D eigenvalue weighted by Gasteiger charge is -2.29. The van der Waals surface area contributed by atoms with E-state index in [9.17, 15) is 0 Å². The summed E-state index contributed by atoms with van der Waals surface area (Å²) in [5.41, 5.74) is 1.14. The molecule has 1 aromatic heterocycles. The van der Waals surface area contributed by atoms with Crippen molar-refractivity contribution in [2.45, 2.75) is 45.2 Å². The van der Waals surface area contributed by atoms with E-state index in [1.165, 1.54) is 25.7 Å². The van der Waals surface area contributed by atoms with Gasteiger partial charge in [-0.1, -0.05) is 25.1 Å². The number of hydrogen-bond acceptors (Lipinski definition) is 3. The molecule has 2 fully saturated rings. The average molecular weight is 328 g/mol. The number of rotatable bonds is 4. The normalized spacial score (nSPS) is 20.0. The van der Waals surface area contributed by atoms with Crippen molar-refractivity contribution in [3.8, 4) is 5.69 Å². The standard InChI is InChI=1S/C18H24N4S/c1-14-9-11-20(12-10-14)13-21-18(23)22(16-5-3-2-4-6-16)17(19-21)15-7-8-15/h2-6,14-15H,7-13H2,1H3. The molecule has 122 valence electrons. The summed E-state index contributed by atoms with van der Waals surface area (Å²) in [4.78, 5) is 2.48. The molecule has 0 spiro atoms. The molecule has 2 aliphatic rings. The molecule has 1 saturated heterocycles. The molecule has 0 atom stereocenters. The van der Waals surface area contributed by atoms with E-state index >= 15 is 0 Å². The van der Waals surface area contributed by atoms with E-state index in [0.717, 1.165) is 42.0 Å². The molecular formula is C18H24N4S. The third kappa shape index (κ3) is 3.12. The first-order chi connectivity index (χ1) is 11.2. The molecule has 4 rings (SSSR count). The predicted octanol–water partition coefficient (Wildman–Crippen LogP) is 3.97. The van der Waals surface area contributed by atoms with E-state index in [-0.39, 0.29) is 0 Å². The van der Waals surface area contributed by atoms with Gasteiger partial charge in [-0.05, 0) is 56.0 Å². The van der Waals surface area contributed by atoms with Crippen molar-refractivity contribution >= 4 is 12.2 Å². The van der Waals surface area contributed by atoms with Crippen molar-refractivity contribution in [1.29, 1.82) is 0 Å².